The lowest BCUT2D eigenvalue weighted by atomic mass is 9.95. The fourth-order valence-corrected chi connectivity index (χ4v) is 6.31. The number of carbonyl (C=O) groups excluding carboxylic acids is 1. The molecule has 0 aromatic heterocycles. The van der Waals surface area contributed by atoms with Crippen molar-refractivity contribution in [3.05, 3.63) is 53.6 Å². The predicted octanol–water partition coefficient (Wildman–Crippen LogP) is 3.89. The van der Waals surface area contributed by atoms with Gasteiger partial charge in [0.15, 0.2) is 0 Å². The molecule has 0 radical (unpaired) electrons. The molecule has 2 saturated carbocycles. The summed E-state index contributed by atoms with van der Waals surface area (Å²) in [7, 11) is -3.73. The van der Waals surface area contributed by atoms with E-state index in [-0.39, 0.29) is 33.3 Å². The largest absolute Gasteiger partial charge is 0.375 e. The molecule has 2 aromatic carbocycles. The molecule has 0 saturated heterocycles. The van der Waals surface area contributed by atoms with Crippen molar-refractivity contribution in [1.29, 1.82) is 0 Å². The Bertz CT molecular complexity index is 978. The Labute approximate surface area is 170 Å². The lowest BCUT2D eigenvalue weighted by Crippen LogP contribution is -2.41. The Morgan fingerprint density at radius 1 is 1.04 bits per heavy atom. The number of carbonyl (C=O) groups is 1. The van der Waals surface area contributed by atoms with Crippen molar-refractivity contribution in [3.63, 3.8) is 0 Å². The molecule has 28 heavy (non-hydrogen) atoms. The third-order valence-corrected chi connectivity index (χ3v) is 8.16. The first-order valence-corrected chi connectivity index (χ1v) is 11.4. The monoisotopic (exact) mass is 418 g/mol. The molecular formula is C21H23ClN2O3S. The van der Waals surface area contributed by atoms with Gasteiger partial charge in [-0.2, -0.15) is 0 Å². The first-order valence-electron chi connectivity index (χ1n) is 9.57. The van der Waals surface area contributed by atoms with E-state index in [1.807, 2.05) is 0 Å². The first-order chi connectivity index (χ1) is 13.4. The van der Waals surface area contributed by atoms with Gasteiger partial charge in [0.1, 0.15) is 0 Å². The molecule has 148 valence electrons. The Morgan fingerprint density at radius 2 is 1.82 bits per heavy atom. The minimum Gasteiger partial charge on any atom is -0.375 e. The number of nitrogens with one attached hydrogen (secondary N) is 2. The molecule has 2 fully saturated rings. The highest BCUT2D eigenvalue weighted by molar-refractivity contribution is 7.91. The first kappa shape index (κ1) is 19.3. The molecule has 2 aromatic rings. The van der Waals surface area contributed by atoms with Crippen LogP contribution in [0.25, 0.3) is 0 Å². The lowest BCUT2D eigenvalue weighted by Gasteiger charge is -2.23. The minimum absolute atomic E-state index is 0.0267. The van der Waals surface area contributed by atoms with E-state index in [9.17, 15) is 13.2 Å². The van der Waals surface area contributed by atoms with Crippen LogP contribution in [0.2, 0.25) is 5.02 Å². The van der Waals surface area contributed by atoms with E-state index in [0.29, 0.717) is 11.6 Å². The van der Waals surface area contributed by atoms with Gasteiger partial charge in [0.05, 0.1) is 27.0 Å². The van der Waals surface area contributed by atoms with Gasteiger partial charge < -0.3 is 10.6 Å². The standard InChI is InChI=1S/C21H23ClN2O3S/c22-21-17(23-13-20(25)24-18-12-14-9-10-15(18)11-14)7-4-8-19(21)28(26,27)16-5-2-1-3-6-16/h1-8,14-15,18,23H,9-13H2,(H,24,25). The predicted molar refractivity (Wildman–Crippen MR) is 109 cm³/mol. The van der Waals surface area contributed by atoms with Crippen molar-refractivity contribution >= 4 is 33.0 Å². The molecule has 2 N–H and O–H groups in total. The minimum atomic E-state index is -3.73. The van der Waals surface area contributed by atoms with Gasteiger partial charge in [0.2, 0.25) is 15.7 Å². The van der Waals surface area contributed by atoms with Gasteiger partial charge in [0.25, 0.3) is 0 Å². The quantitative estimate of drug-likeness (QED) is 0.746. The molecular weight excluding hydrogens is 396 g/mol. The van der Waals surface area contributed by atoms with Gasteiger partial charge in [-0.05, 0) is 55.4 Å². The summed E-state index contributed by atoms with van der Waals surface area (Å²) in [6, 6.07) is 13.2. The maximum absolute atomic E-state index is 12.9. The second kappa shape index (κ2) is 7.76. The van der Waals surface area contributed by atoms with Crippen LogP contribution >= 0.6 is 11.6 Å². The highest BCUT2D eigenvalue weighted by Gasteiger charge is 2.40. The Balaban J connectivity index is 1.44. The number of rotatable bonds is 6. The SMILES string of the molecule is O=C(CNc1cccc(S(=O)(=O)c2ccccc2)c1Cl)NC1CC2CCC1C2. The van der Waals surface area contributed by atoms with Crippen molar-refractivity contribution in [2.24, 2.45) is 11.8 Å². The van der Waals surface area contributed by atoms with Gasteiger partial charge in [-0.25, -0.2) is 8.42 Å². The van der Waals surface area contributed by atoms with Crippen molar-refractivity contribution in [2.75, 3.05) is 11.9 Å². The molecule has 7 heteroatoms. The van der Waals surface area contributed by atoms with Gasteiger partial charge >= 0.3 is 0 Å². The van der Waals surface area contributed by atoms with Crippen LogP contribution in [0.5, 0.6) is 0 Å². The maximum atomic E-state index is 12.9. The normalized spacial score (nSPS) is 23.5. The number of fused-ring (bicyclic) bond motifs is 2. The molecule has 2 bridgehead atoms. The Hall–Kier alpha value is -2.05. The number of anilines is 1. The molecule has 2 aliphatic carbocycles. The molecule has 0 spiro atoms. The number of halogens is 1. The van der Waals surface area contributed by atoms with Crippen LogP contribution in [0.3, 0.4) is 0 Å². The number of sulfone groups is 1. The maximum Gasteiger partial charge on any atom is 0.239 e. The molecule has 5 nitrogen and oxygen atoms in total. The van der Waals surface area contributed by atoms with Crippen molar-refractivity contribution in [2.45, 2.75) is 41.5 Å². The van der Waals surface area contributed by atoms with Crippen LogP contribution in [0.1, 0.15) is 25.7 Å². The zero-order valence-corrected chi connectivity index (χ0v) is 17.0. The van der Waals surface area contributed by atoms with E-state index >= 15 is 0 Å². The van der Waals surface area contributed by atoms with Crippen molar-refractivity contribution in [1.82, 2.24) is 5.32 Å². The van der Waals surface area contributed by atoms with E-state index in [1.165, 1.54) is 37.5 Å². The fourth-order valence-electron chi connectivity index (χ4n) is 4.44. The smallest absolute Gasteiger partial charge is 0.239 e. The van der Waals surface area contributed by atoms with Crippen LogP contribution in [-0.2, 0) is 14.6 Å². The molecule has 2 aliphatic rings. The zero-order chi connectivity index (χ0) is 19.7. The van der Waals surface area contributed by atoms with E-state index < -0.39 is 9.84 Å². The summed E-state index contributed by atoms with van der Waals surface area (Å²) in [5.41, 5.74) is 0.432. The summed E-state index contributed by atoms with van der Waals surface area (Å²) in [4.78, 5) is 12.5. The summed E-state index contributed by atoms with van der Waals surface area (Å²) in [5, 5.41) is 6.19. The van der Waals surface area contributed by atoms with Crippen LogP contribution in [0, 0.1) is 11.8 Å². The second-order valence-corrected chi connectivity index (χ2v) is 9.93. The number of amides is 1. The third-order valence-electron chi connectivity index (χ3n) is 5.83. The molecule has 0 aliphatic heterocycles. The average molecular weight is 419 g/mol. The average Bonchev–Trinajstić information content (AvgIpc) is 3.31. The van der Waals surface area contributed by atoms with E-state index in [2.05, 4.69) is 10.6 Å². The second-order valence-electron chi connectivity index (χ2n) is 7.64. The highest BCUT2D eigenvalue weighted by Crippen LogP contribution is 2.44. The Morgan fingerprint density at radius 3 is 2.50 bits per heavy atom. The van der Waals surface area contributed by atoms with E-state index in [4.69, 9.17) is 11.6 Å². The lowest BCUT2D eigenvalue weighted by molar-refractivity contribution is -0.120. The summed E-state index contributed by atoms with van der Waals surface area (Å²) in [6.07, 6.45) is 4.79. The van der Waals surface area contributed by atoms with Crippen LogP contribution in [-0.4, -0.2) is 26.9 Å². The molecule has 3 atom stereocenters. The third kappa shape index (κ3) is 3.76. The zero-order valence-electron chi connectivity index (χ0n) is 15.4. The number of hydrogen-bond acceptors (Lipinski definition) is 4. The molecule has 3 unspecified atom stereocenters. The topological polar surface area (TPSA) is 75.3 Å². The summed E-state index contributed by atoms with van der Waals surface area (Å²) >= 11 is 6.37. The number of hydrogen-bond donors (Lipinski definition) is 2. The van der Waals surface area contributed by atoms with Gasteiger partial charge in [-0.15, -0.1) is 0 Å². The fraction of sp³-hybridized carbons (Fsp3) is 0.381. The molecule has 0 heterocycles. The summed E-state index contributed by atoms with van der Waals surface area (Å²) in [6.45, 7) is 0.0580. The van der Waals surface area contributed by atoms with Gasteiger partial charge in [-0.1, -0.05) is 42.3 Å². The molecule has 4 rings (SSSR count). The highest BCUT2D eigenvalue weighted by atomic mass is 35.5. The van der Waals surface area contributed by atoms with Crippen LogP contribution < -0.4 is 10.6 Å². The van der Waals surface area contributed by atoms with E-state index in [0.717, 1.165) is 12.3 Å². The van der Waals surface area contributed by atoms with Gasteiger partial charge in [0, 0.05) is 6.04 Å². The summed E-state index contributed by atoms with van der Waals surface area (Å²) in [5.74, 6) is 1.28. The molecule has 1 amide bonds. The Kier molecular flexibility index (Phi) is 5.34. The summed E-state index contributed by atoms with van der Waals surface area (Å²) < 4.78 is 25.7. The van der Waals surface area contributed by atoms with Crippen LogP contribution in [0.4, 0.5) is 5.69 Å². The number of benzene rings is 2. The van der Waals surface area contributed by atoms with Crippen molar-refractivity contribution < 1.29 is 13.2 Å². The van der Waals surface area contributed by atoms with Crippen LogP contribution in [0.15, 0.2) is 58.3 Å². The van der Waals surface area contributed by atoms with Gasteiger partial charge in [-0.3, -0.25) is 4.79 Å². The van der Waals surface area contributed by atoms with E-state index in [1.54, 1.807) is 30.3 Å². The van der Waals surface area contributed by atoms with Crippen molar-refractivity contribution in [3.8, 4) is 0 Å².